The Bertz CT molecular complexity index is 2200. The van der Waals surface area contributed by atoms with Crippen LogP contribution in [0.4, 0.5) is 0 Å². The maximum atomic E-state index is 14.4. The summed E-state index contributed by atoms with van der Waals surface area (Å²) in [5.41, 5.74) is 9.68. The van der Waals surface area contributed by atoms with Crippen molar-refractivity contribution in [2.24, 2.45) is 11.3 Å². The van der Waals surface area contributed by atoms with Crippen molar-refractivity contribution >= 4 is 34.6 Å². The van der Waals surface area contributed by atoms with E-state index in [0.717, 1.165) is 44.5 Å². The molecule has 0 saturated carbocycles. The molecule has 13 heteroatoms. The molecular formula is C45H58N6O7. The van der Waals surface area contributed by atoms with Crippen LogP contribution >= 0.6 is 0 Å². The van der Waals surface area contributed by atoms with E-state index >= 15 is 0 Å². The molecule has 4 heterocycles. The Morgan fingerprint density at radius 1 is 1.12 bits per heavy atom. The smallest absolute Gasteiger partial charge is 0.324 e. The second-order valence-corrected chi connectivity index (χ2v) is 16.9. The average molecular weight is 795 g/mol. The number of likely N-dealkylation sites (N-methyl/N-ethyl adjacent to an activating group) is 1. The number of hydrogen-bond donors (Lipinski definition) is 3. The Morgan fingerprint density at radius 3 is 2.57 bits per heavy atom. The lowest BCUT2D eigenvalue weighted by atomic mass is 9.84. The minimum Gasteiger partial charge on any atom is -0.508 e. The number of esters is 1. The number of nitrogens with one attached hydrogen (secondary N) is 2. The highest BCUT2D eigenvalue weighted by molar-refractivity contribution is 5.96. The number of phenolic OH excluding ortho intramolecular Hbond substituents is 1. The van der Waals surface area contributed by atoms with E-state index in [0.29, 0.717) is 37.9 Å². The fourth-order valence-electron chi connectivity index (χ4n) is 8.45. The summed E-state index contributed by atoms with van der Waals surface area (Å²) >= 11 is 0. The lowest BCUT2D eigenvalue weighted by Crippen LogP contribution is -2.62. The van der Waals surface area contributed by atoms with Gasteiger partial charge in [0.1, 0.15) is 23.9 Å². The van der Waals surface area contributed by atoms with Crippen molar-refractivity contribution in [3.8, 4) is 28.1 Å². The van der Waals surface area contributed by atoms with Gasteiger partial charge in [-0.05, 0) is 97.7 Å². The Morgan fingerprint density at radius 2 is 1.88 bits per heavy atom. The van der Waals surface area contributed by atoms with E-state index in [1.165, 1.54) is 16.8 Å². The summed E-state index contributed by atoms with van der Waals surface area (Å²) < 4.78 is 14.1. The fraction of sp³-hybridized carbons (Fsp3) is 0.489. The third-order valence-corrected chi connectivity index (χ3v) is 11.5. The van der Waals surface area contributed by atoms with E-state index in [-0.39, 0.29) is 36.7 Å². The molecule has 6 bridgehead atoms. The number of hydrazine groups is 1. The highest BCUT2D eigenvalue weighted by atomic mass is 16.5. The maximum absolute atomic E-state index is 14.4. The summed E-state index contributed by atoms with van der Waals surface area (Å²) in [6, 6.07) is 12.8. The lowest BCUT2D eigenvalue weighted by molar-refractivity contribution is -0.155. The van der Waals surface area contributed by atoms with Gasteiger partial charge in [-0.2, -0.15) is 0 Å². The molecule has 0 aliphatic carbocycles. The number of aryl methyl sites for hydroxylation is 1. The van der Waals surface area contributed by atoms with Crippen LogP contribution in [-0.4, -0.2) is 93.7 Å². The van der Waals surface area contributed by atoms with Gasteiger partial charge >= 0.3 is 5.97 Å². The maximum Gasteiger partial charge on any atom is 0.324 e. The first-order chi connectivity index (χ1) is 27.5. The summed E-state index contributed by atoms with van der Waals surface area (Å²) in [7, 11) is 3.24. The van der Waals surface area contributed by atoms with Crippen molar-refractivity contribution in [2.75, 3.05) is 27.3 Å². The second-order valence-electron chi connectivity index (χ2n) is 16.9. The zero-order valence-electron chi connectivity index (χ0n) is 35.2. The largest absolute Gasteiger partial charge is 0.508 e. The first-order valence-electron chi connectivity index (χ1n) is 20.3. The van der Waals surface area contributed by atoms with E-state index in [2.05, 4.69) is 54.3 Å². The first-order valence-corrected chi connectivity index (χ1v) is 20.3. The number of phenols is 1. The molecule has 1 saturated heterocycles. The molecule has 2 aliphatic rings. The van der Waals surface area contributed by atoms with Crippen LogP contribution in [0.25, 0.3) is 33.3 Å². The molecule has 0 unspecified atom stereocenters. The standard InChI is InChI=1S/C45H58N6O7/c1-10-50-38-16-15-30-23-34(38)35(41(50)33-13-11-17-46-39(33)27(4)57-9)24-45(6,7)25-58-44(56)36-14-12-18-51(48-36)43(55)37(21-29-19-31(30)22-32(53)20-29)47-42(54)40(26(2)3)49(8)28(5)52/h11,13,15-17,19-20,22-23,26-27,36-37,40,48,53H,10,12,14,18,21,24-25H2,1-9H3,(H,47,54)/t27-,36-,37-,40+/m0/s1. The molecule has 6 rings (SSSR count). The number of aromatic hydroxyl groups is 1. The number of nitrogens with zero attached hydrogens (tertiary/aromatic N) is 4. The molecule has 3 amide bonds. The Kier molecular flexibility index (Phi) is 12.6. The molecule has 2 aliphatic heterocycles. The van der Waals surface area contributed by atoms with Crippen molar-refractivity contribution in [1.29, 1.82) is 0 Å². The zero-order valence-corrected chi connectivity index (χ0v) is 35.2. The monoisotopic (exact) mass is 794 g/mol. The van der Waals surface area contributed by atoms with Gasteiger partial charge in [-0.1, -0.05) is 39.8 Å². The van der Waals surface area contributed by atoms with Gasteiger partial charge in [0, 0.05) is 68.7 Å². The van der Waals surface area contributed by atoms with E-state index in [9.17, 15) is 24.3 Å². The lowest BCUT2D eigenvalue weighted by Gasteiger charge is -2.36. The molecule has 0 radical (unpaired) electrons. The van der Waals surface area contributed by atoms with Crippen LogP contribution in [0.15, 0.2) is 54.7 Å². The predicted octanol–water partition coefficient (Wildman–Crippen LogP) is 5.95. The summed E-state index contributed by atoms with van der Waals surface area (Å²) in [6.45, 7) is 14.5. The Labute approximate surface area is 341 Å². The van der Waals surface area contributed by atoms with Crippen LogP contribution in [0, 0.1) is 11.3 Å². The minimum absolute atomic E-state index is 0.0107. The molecule has 2 aromatic heterocycles. The number of ether oxygens (including phenoxy) is 2. The summed E-state index contributed by atoms with van der Waals surface area (Å²) in [4.78, 5) is 60.7. The van der Waals surface area contributed by atoms with E-state index in [1.54, 1.807) is 32.5 Å². The quantitative estimate of drug-likeness (QED) is 0.184. The van der Waals surface area contributed by atoms with Crippen molar-refractivity contribution in [1.82, 2.24) is 30.2 Å². The molecule has 1 fully saturated rings. The van der Waals surface area contributed by atoms with Gasteiger partial charge in [0.25, 0.3) is 5.91 Å². The van der Waals surface area contributed by atoms with Gasteiger partial charge < -0.3 is 29.4 Å². The molecule has 2 aromatic carbocycles. The molecule has 310 valence electrons. The first kappa shape index (κ1) is 42.3. The van der Waals surface area contributed by atoms with E-state index in [1.807, 2.05) is 39.0 Å². The average Bonchev–Trinajstić information content (AvgIpc) is 3.49. The Balaban J connectivity index is 1.53. The normalized spacial score (nSPS) is 19.7. The summed E-state index contributed by atoms with van der Waals surface area (Å²) in [6.07, 6.45) is 3.11. The molecule has 13 nitrogen and oxygen atoms in total. The number of methoxy groups -OCH3 is 1. The summed E-state index contributed by atoms with van der Waals surface area (Å²) in [5, 5.41) is 16.5. The van der Waals surface area contributed by atoms with Crippen LogP contribution in [-0.2, 0) is 48.0 Å². The summed E-state index contributed by atoms with van der Waals surface area (Å²) in [5.74, 6) is -1.90. The predicted molar refractivity (Wildman–Crippen MR) is 222 cm³/mol. The van der Waals surface area contributed by atoms with Crippen molar-refractivity contribution in [3.63, 3.8) is 0 Å². The number of carbonyl (C=O) groups is 4. The highest BCUT2D eigenvalue weighted by Crippen LogP contribution is 2.42. The number of hydrogen-bond acceptors (Lipinski definition) is 9. The molecule has 0 spiro atoms. The number of amides is 3. The second kappa shape index (κ2) is 17.3. The van der Waals surface area contributed by atoms with Gasteiger partial charge in [-0.25, -0.2) is 5.43 Å². The van der Waals surface area contributed by atoms with Gasteiger partial charge in [0.05, 0.1) is 24.1 Å². The zero-order chi connectivity index (χ0) is 42.1. The molecular weight excluding hydrogens is 737 g/mol. The fourth-order valence-corrected chi connectivity index (χ4v) is 8.45. The molecule has 3 N–H and O–H groups in total. The highest BCUT2D eigenvalue weighted by Gasteiger charge is 2.37. The van der Waals surface area contributed by atoms with Gasteiger partial charge in [0.2, 0.25) is 11.8 Å². The van der Waals surface area contributed by atoms with E-state index in [4.69, 9.17) is 14.5 Å². The number of rotatable bonds is 8. The number of carbonyl (C=O) groups excluding carboxylic acids is 4. The number of cyclic esters (lactones) is 1. The third kappa shape index (κ3) is 8.75. The van der Waals surface area contributed by atoms with Crippen LogP contribution < -0.4 is 10.7 Å². The number of pyridine rings is 1. The van der Waals surface area contributed by atoms with Crippen LogP contribution in [0.3, 0.4) is 0 Å². The molecule has 58 heavy (non-hydrogen) atoms. The van der Waals surface area contributed by atoms with Crippen molar-refractivity contribution in [3.05, 3.63) is 71.5 Å². The van der Waals surface area contributed by atoms with E-state index < -0.39 is 41.3 Å². The van der Waals surface area contributed by atoms with Crippen molar-refractivity contribution in [2.45, 2.75) is 105 Å². The molecule has 4 aromatic rings. The SMILES string of the molecule is CCn1c(-c2cccnc2[C@H](C)OC)c2c3cc(ccc31)-c1cc(O)cc(c1)C[C@H](NC(=O)[C@@H](C(C)C)N(C)C(C)=O)C(=O)N1CCC[C@H](N1)C(=O)OCC(C)(C)C2. The number of benzene rings is 2. The van der Waals surface area contributed by atoms with Crippen LogP contribution in [0.5, 0.6) is 5.75 Å². The van der Waals surface area contributed by atoms with Gasteiger partial charge in [-0.3, -0.25) is 29.2 Å². The number of fused-ring (bicyclic) bond motifs is 6. The Hall–Kier alpha value is -5.27. The molecule has 4 atom stereocenters. The minimum atomic E-state index is -1.10. The van der Waals surface area contributed by atoms with Crippen LogP contribution in [0.2, 0.25) is 0 Å². The third-order valence-electron chi connectivity index (χ3n) is 11.5. The number of aromatic nitrogens is 2. The van der Waals surface area contributed by atoms with Crippen molar-refractivity contribution < 1.29 is 33.8 Å². The topological polar surface area (TPSA) is 155 Å². The van der Waals surface area contributed by atoms with Gasteiger partial charge in [-0.15, -0.1) is 0 Å². The van der Waals surface area contributed by atoms with Gasteiger partial charge in [0.15, 0.2) is 0 Å². The van der Waals surface area contributed by atoms with Crippen LogP contribution in [0.1, 0.15) is 84.2 Å².